The number of alkyl halides is 3. The van der Waals surface area contributed by atoms with Gasteiger partial charge in [0.15, 0.2) is 0 Å². The highest BCUT2D eigenvalue weighted by Gasteiger charge is 2.30. The lowest BCUT2D eigenvalue weighted by Crippen LogP contribution is -2.43. The number of benzene rings is 2. The Labute approximate surface area is 173 Å². The third kappa shape index (κ3) is 5.44. The van der Waals surface area contributed by atoms with E-state index < -0.39 is 11.7 Å². The standard InChI is InChI=1S/C22H24F3NO4/c1-28-19-10-16(11-20(12-19)29-2)21(27)26-8-4-7-18(13-26)30-14-15-5-3-6-17(9-15)22(23,24)25/h3,5-6,9-12,18H,4,7-8,13-14H2,1-2H3/t18-/m0/s1. The monoisotopic (exact) mass is 423 g/mol. The van der Waals surface area contributed by atoms with E-state index in [0.29, 0.717) is 35.7 Å². The van der Waals surface area contributed by atoms with Crippen LogP contribution in [0, 0.1) is 0 Å². The summed E-state index contributed by atoms with van der Waals surface area (Å²) in [6.07, 6.45) is -3.14. The fourth-order valence-corrected chi connectivity index (χ4v) is 3.42. The molecule has 1 amide bonds. The summed E-state index contributed by atoms with van der Waals surface area (Å²) in [7, 11) is 3.03. The molecule has 2 aromatic carbocycles. The average molecular weight is 423 g/mol. The molecule has 0 aliphatic carbocycles. The predicted octanol–water partition coefficient (Wildman–Crippen LogP) is 4.54. The molecule has 0 radical (unpaired) electrons. The Morgan fingerprint density at radius 1 is 1.10 bits per heavy atom. The lowest BCUT2D eigenvalue weighted by atomic mass is 10.1. The number of hydrogen-bond acceptors (Lipinski definition) is 4. The predicted molar refractivity (Wildman–Crippen MR) is 105 cm³/mol. The van der Waals surface area contributed by atoms with E-state index in [1.807, 2.05) is 0 Å². The Kier molecular flexibility index (Phi) is 6.87. The van der Waals surface area contributed by atoms with Gasteiger partial charge in [-0.05, 0) is 42.7 Å². The summed E-state index contributed by atoms with van der Waals surface area (Å²) in [5.41, 5.74) is 0.201. The smallest absolute Gasteiger partial charge is 0.416 e. The minimum Gasteiger partial charge on any atom is -0.497 e. The highest BCUT2D eigenvalue weighted by atomic mass is 19.4. The molecule has 5 nitrogen and oxygen atoms in total. The van der Waals surface area contributed by atoms with Crippen LogP contribution >= 0.6 is 0 Å². The Hall–Kier alpha value is -2.74. The van der Waals surface area contributed by atoms with E-state index in [1.165, 1.54) is 20.3 Å². The number of carbonyl (C=O) groups is 1. The van der Waals surface area contributed by atoms with Crippen LogP contribution in [-0.4, -0.2) is 44.2 Å². The van der Waals surface area contributed by atoms with Gasteiger partial charge in [-0.15, -0.1) is 0 Å². The molecule has 0 aromatic heterocycles. The quantitative estimate of drug-likeness (QED) is 0.684. The third-order valence-electron chi connectivity index (χ3n) is 5.00. The molecule has 0 bridgehead atoms. The second kappa shape index (κ2) is 9.38. The Balaban J connectivity index is 1.64. The van der Waals surface area contributed by atoms with E-state index in [4.69, 9.17) is 14.2 Å². The van der Waals surface area contributed by atoms with Gasteiger partial charge in [-0.1, -0.05) is 12.1 Å². The first-order valence-electron chi connectivity index (χ1n) is 9.60. The molecule has 30 heavy (non-hydrogen) atoms. The fourth-order valence-electron chi connectivity index (χ4n) is 3.42. The van der Waals surface area contributed by atoms with Crippen molar-refractivity contribution in [2.45, 2.75) is 31.7 Å². The molecule has 0 unspecified atom stereocenters. The SMILES string of the molecule is COc1cc(OC)cc(C(=O)N2CCC[C@H](OCc3cccc(C(F)(F)F)c3)C2)c1. The van der Waals surface area contributed by atoms with E-state index in [-0.39, 0.29) is 18.6 Å². The van der Waals surface area contributed by atoms with E-state index in [0.717, 1.165) is 25.0 Å². The fraction of sp³-hybridized carbons (Fsp3) is 0.409. The zero-order chi connectivity index (χ0) is 21.7. The van der Waals surface area contributed by atoms with Crippen molar-refractivity contribution >= 4 is 5.91 Å². The summed E-state index contributed by atoms with van der Waals surface area (Å²) in [5, 5.41) is 0. The molecule has 0 saturated carbocycles. The van der Waals surface area contributed by atoms with Crippen LogP contribution in [0.4, 0.5) is 13.2 Å². The van der Waals surface area contributed by atoms with E-state index in [9.17, 15) is 18.0 Å². The number of carbonyl (C=O) groups excluding carboxylic acids is 1. The summed E-state index contributed by atoms with van der Waals surface area (Å²) < 4.78 is 54.9. The van der Waals surface area contributed by atoms with Gasteiger partial charge in [0.05, 0.1) is 32.5 Å². The first-order chi connectivity index (χ1) is 14.3. The van der Waals surface area contributed by atoms with Gasteiger partial charge in [0.1, 0.15) is 11.5 Å². The number of methoxy groups -OCH3 is 2. The molecule has 1 saturated heterocycles. The van der Waals surface area contributed by atoms with Gasteiger partial charge in [0, 0.05) is 24.7 Å². The Morgan fingerprint density at radius 3 is 2.43 bits per heavy atom. The summed E-state index contributed by atoms with van der Waals surface area (Å²) in [6.45, 7) is 1.02. The van der Waals surface area contributed by atoms with Crippen molar-refractivity contribution < 1.29 is 32.2 Å². The van der Waals surface area contributed by atoms with Gasteiger partial charge in [-0.25, -0.2) is 0 Å². The molecule has 3 rings (SSSR count). The van der Waals surface area contributed by atoms with Crippen molar-refractivity contribution in [2.75, 3.05) is 27.3 Å². The zero-order valence-corrected chi connectivity index (χ0v) is 16.9. The highest BCUT2D eigenvalue weighted by molar-refractivity contribution is 5.95. The van der Waals surface area contributed by atoms with Gasteiger partial charge in [0.2, 0.25) is 0 Å². The average Bonchev–Trinajstić information content (AvgIpc) is 2.76. The molecule has 1 aliphatic heterocycles. The Morgan fingerprint density at radius 2 is 1.80 bits per heavy atom. The maximum Gasteiger partial charge on any atom is 0.416 e. The normalized spacial score (nSPS) is 17.0. The summed E-state index contributed by atoms with van der Waals surface area (Å²) in [5.74, 6) is 0.874. The van der Waals surface area contributed by atoms with Crippen LogP contribution in [0.3, 0.4) is 0 Å². The first-order valence-corrected chi connectivity index (χ1v) is 9.60. The summed E-state index contributed by atoms with van der Waals surface area (Å²) in [4.78, 5) is 14.6. The van der Waals surface area contributed by atoms with Crippen LogP contribution in [-0.2, 0) is 17.5 Å². The number of nitrogens with zero attached hydrogens (tertiary/aromatic N) is 1. The van der Waals surface area contributed by atoms with Crippen LogP contribution in [0.25, 0.3) is 0 Å². The lowest BCUT2D eigenvalue weighted by Gasteiger charge is -2.33. The Bertz CT molecular complexity index is 863. The van der Waals surface area contributed by atoms with Crippen molar-refractivity contribution in [3.05, 3.63) is 59.2 Å². The van der Waals surface area contributed by atoms with Gasteiger partial charge >= 0.3 is 6.18 Å². The second-order valence-corrected chi connectivity index (χ2v) is 7.13. The minimum atomic E-state index is -4.39. The topological polar surface area (TPSA) is 48.0 Å². The van der Waals surface area contributed by atoms with Crippen molar-refractivity contribution in [3.8, 4) is 11.5 Å². The number of hydrogen-bond donors (Lipinski definition) is 0. The summed E-state index contributed by atoms with van der Waals surface area (Å²) in [6, 6.07) is 10.1. The molecule has 1 heterocycles. The molecule has 162 valence electrons. The molecule has 0 N–H and O–H groups in total. The first kappa shape index (κ1) is 22.0. The number of amides is 1. The van der Waals surface area contributed by atoms with Gasteiger partial charge in [-0.3, -0.25) is 4.79 Å². The molecule has 1 fully saturated rings. The van der Waals surface area contributed by atoms with Crippen LogP contribution < -0.4 is 9.47 Å². The molecule has 0 spiro atoms. The van der Waals surface area contributed by atoms with Crippen LogP contribution in [0.1, 0.15) is 34.3 Å². The number of halogens is 3. The van der Waals surface area contributed by atoms with Gasteiger partial charge in [0.25, 0.3) is 5.91 Å². The van der Waals surface area contributed by atoms with Crippen LogP contribution in [0.5, 0.6) is 11.5 Å². The van der Waals surface area contributed by atoms with Crippen molar-refractivity contribution in [2.24, 2.45) is 0 Å². The second-order valence-electron chi connectivity index (χ2n) is 7.13. The summed E-state index contributed by atoms with van der Waals surface area (Å²) >= 11 is 0. The van der Waals surface area contributed by atoms with E-state index in [1.54, 1.807) is 29.2 Å². The molecular weight excluding hydrogens is 399 g/mol. The number of likely N-dealkylation sites (tertiary alicyclic amines) is 1. The number of piperidine rings is 1. The molecule has 1 atom stereocenters. The minimum absolute atomic E-state index is 0.0591. The third-order valence-corrected chi connectivity index (χ3v) is 5.00. The van der Waals surface area contributed by atoms with Gasteiger partial charge in [-0.2, -0.15) is 13.2 Å². The molecule has 1 aliphatic rings. The molecular formula is C22H24F3NO4. The highest BCUT2D eigenvalue weighted by Crippen LogP contribution is 2.30. The number of ether oxygens (including phenoxy) is 3. The van der Waals surface area contributed by atoms with E-state index in [2.05, 4.69) is 0 Å². The van der Waals surface area contributed by atoms with Crippen molar-refractivity contribution in [1.82, 2.24) is 4.90 Å². The van der Waals surface area contributed by atoms with E-state index >= 15 is 0 Å². The largest absolute Gasteiger partial charge is 0.497 e. The number of rotatable bonds is 6. The van der Waals surface area contributed by atoms with Crippen LogP contribution in [0.15, 0.2) is 42.5 Å². The molecule has 2 aromatic rings. The van der Waals surface area contributed by atoms with Gasteiger partial charge < -0.3 is 19.1 Å². The maximum absolute atomic E-state index is 12.9. The maximum atomic E-state index is 12.9. The lowest BCUT2D eigenvalue weighted by molar-refractivity contribution is -0.137. The van der Waals surface area contributed by atoms with Crippen LogP contribution in [0.2, 0.25) is 0 Å². The molecule has 8 heteroatoms. The zero-order valence-electron chi connectivity index (χ0n) is 16.9. The van der Waals surface area contributed by atoms with Crippen molar-refractivity contribution in [3.63, 3.8) is 0 Å². The van der Waals surface area contributed by atoms with Crippen molar-refractivity contribution in [1.29, 1.82) is 0 Å².